The highest BCUT2D eigenvalue weighted by atomic mass is 79.9. The summed E-state index contributed by atoms with van der Waals surface area (Å²) in [6, 6.07) is 5.28. The van der Waals surface area contributed by atoms with E-state index < -0.39 is 0 Å². The van der Waals surface area contributed by atoms with E-state index in [1.807, 2.05) is 12.1 Å². The number of benzene rings is 1. The minimum Gasteiger partial charge on any atom is -0.271 e. The van der Waals surface area contributed by atoms with Gasteiger partial charge in [0.15, 0.2) is 0 Å². The minimum absolute atomic E-state index is 0.0978. The van der Waals surface area contributed by atoms with Crippen LogP contribution in [0.5, 0.6) is 0 Å². The molecule has 1 aliphatic carbocycles. The van der Waals surface area contributed by atoms with Crippen LogP contribution in [0.25, 0.3) is 0 Å². The fraction of sp³-hybridized carbons (Fsp3) is 0.600. The highest BCUT2D eigenvalue weighted by Crippen LogP contribution is 2.31. The van der Waals surface area contributed by atoms with Gasteiger partial charge in [0.1, 0.15) is 5.82 Å². The molecule has 0 bridgehead atoms. The molecular formula is C15H22BrFN2. The van der Waals surface area contributed by atoms with E-state index in [4.69, 9.17) is 5.84 Å². The van der Waals surface area contributed by atoms with Crippen molar-refractivity contribution >= 4 is 15.9 Å². The molecule has 4 heteroatoms. The number of rotatable bonds is 5. The van der Waals surface area contributed by atoms with Crippen LogP contribution in [0.1, 0.15) is 56.6 Å². The van der Waals surface area contributed by atoms with Crippen LogP contribution in [-0.4, -0.2) is 0 Å². The first-order valence-corrected chi connectivity index (χ1v) is 7.91. The first-order valence-electron chi connectivity index (χ1n) is 7.12. The average molecular weight is 329 g/mol. The van der Waals surface area contributed by atoms with E-state index in [0.717, 1.165) is 18.8 Å². The Morgan fingerprint density at radius 2 is 2.05 bits per heavy atom. The maximum Gasteiger partial charge on any atom is 0.142 e. The number of hydrogen-bond donors (Lipinski definition) is 2. The summed E-state index contributed by atoms with van der Waals surface area (Å²) in [5.74, 6) is 6.20. The Morgan fingerprint density at radius 3 is 2.74 bits per heavy atom. The Bertz CT molecular complexity index is 405. The van der Waals surface area contributed by atoms with Gasteiger partial charge < -0.3 is 0 Å². The molecule has 0 aromatic heterocycles. The molecule has 106 valence electrons. The standard InChI is InChI=1S/C15H22BrFN2/c16-13-8-4-7-12(15(13)17)14(19-18)10-9-11-5-2-1-3-6-11/h4,7-8,11,14,19H,1-3,5-6,9-10,18H2. The van der Waals surface area contributed by atoms with Gasteiger partial charge in [-0.3, -0.25) is 11.3 Å². The lowest BCUT2D eigenvalue weighted by Gasteiger charge is -2.24. The van der Waals surface area contributed by atoms with E-state index in [1.54, 1.807) is 6.07 Å². The molecule has 1 aromatic rings. The number of hydrazine groups is 1. The molecule has 1 aliphatic rings. The van der Waals surface area contributed by atoms with Crippen molar-refractivity contribution in [3.63, 3.8) is 0 Å². The van der Waals surface area contributed by atoms with Crippen molar-refractivity contribution in [2.24, 2.45) is 11.8 Å². The van der Waals surface area contributed by atoms with Crippen LogP contribution in [0.2, 0.25) is 0 Å². The van der Waals surface area contributed by atoms with Crippen molar-refractivity contribution in [2.45, 2.75) is 51.0 Å². The van der Waals surface area contributed by atoms with E-state index in [9.17, 15) is 4.39 Å². The summed E-state index contributed by atoms with van der Waals surface area (Å²) in [7, 11) is 0. The summed E-state index contributed by atoms with van der Waals surface area (Å²) in [4.78, 5) is 0. The van der Waals surface area contributed by atoms with Gasteiger partial charge in [-0.1, -0.05) is 44.2 Å². The first-order chi connectivity index (χ1) is 9.22. The van der Waals surface area contributed by atoms with Gasteiger partial charge >= 0.3 is 0 Å². The summed E-state index contributed by atoms with van der Waals surface area (Å²) < 4.78 is 14.6. The molecule has 0 spiro atoms. The lowest BCUT2D eigenvalue weighted by atomic mass is 9.84. The molecule has 19 heavy (non-hydrogen) atoms. The van der Waals surface area contributed by atoms with Crippen LogP contribution >= 0.6 is 15.9 Å². The van der Waals surface area contributed by atoms with Gasteiger partial charge in [0, 0.05) is 11.6 Å². The Hall–Kier alpha value is -0.450. The zero-order valence-electron chi connectivity index (χ0n) is 11.2. The van der Waals surface area contributed by atoms with Gasteiger partial charge in [-0.2, -0.15) is 0 Å². The second-order valence-electron chi connectivity index (χ2n) is 5.44. The molecule has 0 radical (unpaired) electrons. The molecular weight excluding hydrogens is 307 g/mol. The molecule has 0 amide bonds. The highest BCUT2D eigenvalue weighted by Gasteiger charge is 2.19. The fourth-order valence-corrected chi connectivity index (χ4v) is 3.38. The van der Waals surface area contributed by atoms with Crippen molar-refractivity contribution in [1.82, 2.24) is 5.43 Å². The molecule has 1 aromatic carbocycles. The summed E-state index contributed by atoms with van der Waals surface area (Å²) >= 11 is 3.23. The summed E-state index contributed by atoms with van der Waals surface area (Å²) in [6.45, 7) is 0. The minimum atomic E-state index is -0.200. The van der Waals surface area contributed by atoms with Crippen molar-refractivity contribution in [1.29, 1.82) is 0 Å². The number of nitrogens with two attached hydrogens (primary N) is 1. The van der Waals surface area contributed by atoms with Crippen molar-refractivity contribution in [3.8, 4) is 0 Å². The van der Waals surface area contributed by atoms with Crippen molar-refractivity contribution in [2.75, 3.05) is 0 Å². The normalized spacial score (nSPS) is 18.5. The Labute approximate surface area is 123 Å². The van der Waals surface area contributed by atoms with Gasteiger partial charge in [-0.25, -0.2) is 4.39 Å². The van der Waals surface area contributed by atoms with Gasteiger partial charge in [-0.05, 0) is 40.8 Å². The third-order valence-electron chi connectivity index (χ3n) is 4.15. The largest absolute Gasteiger partial charge is 0.271 e. The topological polar surface area (TPSA) is 38.0 Å². The van der Waals surface area contributed by atoms with Crippen LogP contribution in [-0.2, 0) is 0 Å². The van der Waals surface area contributed by atoms with E-state index in [2.05, 4.69) is 21.4 Å². The quantitative estimate of drug-likeness (QED) is 0.618. The smallest absolute Gasteiger partial charge is 0.142 e. The molecule has 1 atom stereocenters. The lowest BCUT2D eigenvalue weighted by Crippen LogP contribution is -2.29. The Kier molecular flexibility index (Phi) is 5.79. The second kappa shape index (κ2) is 7.36. The van der Waals surface area contributed by atoms with Crippen LogP contribution in [0.15, 0.2) is 22.7 Å². The highest BCUT2D eigenvalue weighted by molar-refractivity contribution is 9.10. The SMILES string of the molecule is NNC(CCC1CCCCC1)c1cccc(Br)c1F. The summed E-state index contributed by atoms with van der Waals surface area (Å²) in [5, 5.41) is 0. The van der Waals surface area contributed by atoms with Gasteiger partial charge in [0.25, 0.3) is 0 Å². The van der Waals surface area contributed by atoms with E-state index >= 15 is 0 Å². The van der Waals surface area contributed by atoms with Crippen molar-refractivity contribution in [3.05, 3.63) is 34.1 Å². The zero-order valence-corrected chi connectivity index (χ0v) is 12.8. The molecule has 0 saturated heterocycles. The molecule has 1 saturated carbocycles. The molecule has 1 fully saturated rings. The maximum atomic E-state index is 14.1. The third kappa shape index (κ3) is 4.01. The fourth-order valence-electron chi connectivity index (χ4n) is 3.00. The number of halogens is 2. The molecule has 0 heterocycles. The van der Waals surface area contributed by atoms with Gasteiger partial charge in [-0.15, -0.1) is 0 Å². The van der Waals surface area contributed by atoms with Crippen LogP contribution in [0.3, 0.4) is 0 Å². The molecule has 1 unspecified atom stereocenters. The third-order valence-corrected chi connectivity index (χ3v) is 4.76. The molecule has 3 N–H and O–H groups in total. The maximum absolute atomic E-state index is 14.1. The average Bonchev–Trinajstić information content (AvgIpc) is 2.45. The first kappa shape index (κ1) is 14.9. The van der Waals surface area contributed by atoms with Crippen LogP contribution in [0.4, 0.5) is 4.39 Å². The van der Waals surface area contributed by atoms with Gasteiger partial charge in [0.05, 0.1) is 4.47 Å². The molecule has 2 rings (SSSR count). The number of hydrogen-bond acceptors (Lipinski definition) is 2. The van der Waals surface area contributed by atoms with Gasteiger partial charge in [0.2, 0.25) is 0 Å². The molecule has 2 nitrogen and oxygen atoms in total. The summed E-state index contributed by atoms with van der Waals surface area (Å²) in [6.07, 6.45) is 8.72. The van der Waals surface area contributed by atoms with Crippen LogP contribution < -0.4 is 11.3 Å². The molecule has 0 aliphatic heterocycles. The number of nitrogens with one attached hydrogen (secondary N) is 1. The summed E-state index contributed by atoms with van der Waals surface area (Å²) in [5.41, 5.74) is 3.43. The monoisotopic (exact) mass is 328 g/mol. The zero-order chi connectivity index (χ0) is 13.7. The predicted octanol–water partition coefficient (Wildman–Crippen LogP) is 4.45. The van der Waals surface area contributed by atoms with Crippen LogP contribution in [0, 0.1) is 11.7 Å². The van der Waals surface area contributed by atoms with E-state index in [1.165, 1.54) is 32.1 Å². The second-order valence-corrected chi connectivity index (χ2v) is 6.30. The van der Waals surface area contributed by atoms with E-state index in [0.29, 0.717) is 10.0 Å². The van der Waals surface area contributed by atoms with Crippen molar-refractivity contribution < 1.29 is 4.39 Å². The predicted molar refractivity (Wildman–Crippen MR) is 80.0 cm³/mol. The van der Waals surface area contributed by atoms with E-state index in [-0.39, 0.29) is 11.9 Å². The Balaban J connectivity index is 1.97. The Morgan fingerprint density at radius 1 is 1.32 bits per heavy atom. The lowest BCUT2D eigenvalue weighted by molar-refractivity contribution is 0.313.